The van der Waals surface area contributed by atoms with Crippen LogP contribution in [-0.2, 0) is 0 Å². The zero-order chi connectivity index (χ0) is 9.10. The molecule has 1 nitrogen and oxygen atoms in total. The lowest BCUT2D eigenvalue weighted by Crippen LogP contribution is -2.38. The average molecular weight is 181 g/mol. The highest BCUT2D eigenvalue weighted by atomic mass is 14.9. The minimum Gasteiger partial charge on any atom is -0.316 e. The van der Waals surface area contributed by atoms with Gasteiger partial charge in [0.25, 0.3) is 0 Å². The molecule has 0 radical (unpaired) electrons. The number of hydrogen-bond donors (Lipinski definition) is 1. The summed E-state index contributed by atoms with van der Waals surface area (Å²) >= 11 is 0. The molecule has 1 heteroatoms. The third-order valence-electron chi connectivity index (χ3n) is 4.15. The summed E-state index contributed by atoms with van der Waals surface area (Å²) in [5, 5.41) is 3.59. The lowest BCUT2D eigenvalue weighted by Gasteiger charge is -2.28. The molecule has 2 aliphatic rings. The van der Waals surface area contributed by atoms with Crippen LogP contribution in [0.2, 0.25) is 0 Å². The van der Waals surface area contributed by atoms with E-state index in [1.165, 1.54) is 51.4 Å². The van der Waals surface area contributed by atoms with Gasteiger partial charge in [-0.15, -0.1) is 0 Å². The molecule has 13 heavy (non-hydrogen) atoms. The summed E-state index contributed by atoms with van der Waals surface area (Å²) in [4.78, 5) is 0. The Morgan fingerprint density at radius 1 is 0.846 bits per heavy atom. The molecule has 0 aromatic heterocycles. The highest BCUT2D eigenvalue weighted by Crippen LogP contribution is 2.36. The zero-order valence-electron chi connectivity index (χ0n) is 8.89. The molecule has 0 amide bonds. The molecule has 0 aromatic rings. The van der Waals surface area contributed by atoms with E-state index in [0.29, 0.717) is 0 Å². The molecule has 2 fully saturated rings. The monoisotopic (exact) mass is 181 g/mol. The summed E-state index contributed by atoms with van der Waals surface area (Å²) in [6.07, 6.45) is 11.9. The van der Waals surface area contributed by atoms with Gasteiger partial charge in [0.15, 0.2) is 0 Å². The quantitative estimate of drug-likeness (QED) is 0.706. The Hall–Kier alpha value is -0.0400. The minimum atomic E-state index is 0.852. The molecule has 2 aliphatic carbocycles. The summed E-state index contributed by atoms with van der Waals surface area (Å²) < 4.78 is 0. The Kier molecular flexibility index (Phi) is 3.26. The van der Waals surface area contributed by atoms with Crippen molar-refractivity contribution in [3.63, 3.8) is 0 Å². The fraction of sp³-hybridized carbons (Fsp3) is 1.00. The Labute approximate surface area is 82.3 Å². The van der Waals surface area contributed by atoms with Crippen molar-refractivity contribution in [3.05, 3.63) is 0 Å². The predicted octanol–water partition coefficient (Wildman–Crippen LogP) is 2.95. The molecule has 2 rings (SSSR count). The fourth-order valence-corrected chi connectivity index (χ4v) is 3.49. The molecular weight excluding hydrogens is 158 g/mol. The second-order valence-electron chi connectivity index (χ2n) is 4.90. The SMILES string of the molecule is CNC(C1CCCC1)C1CCCC1. The normalized spacial score (nSPS) is 26.3. The van der Waals surface area contributed by atoms with Gasteiger partial charge >= 0.3 is 0 Å². The smallest absolute Gasteiger partial charge is 0.0121 e. The van der Waals surface area contributed by atoms with Crippen molar-refractivity contribution in [1.29, 1.82) is 0 Å². The topological polar surface area (TPSA) is 12.0 Å². The van der Waals surface area contributed by atoms with Crippen molar-refractivity contribution in [3.8, 4) is 0 Å². The van der Waals surface area contributed by atoms with Crippen LogP contribution in [0.15, 0.2) is 0 Å². The van der Waals surface area contributed by atoms with Gasteiger partial charge in [0.1, 0.15) is 0 Å². The van der Waals surface area contributed by atoms with E-state index < -0.39 is 0 Å². The first-order chi connectivity index (χ1) is 6.42. The van der Waals surface area contributed by atoms with Crippen molar-refractivity contribution in [2.45, 2.75) is 57.4 Å². The lowest BCUT2D eigenvalue weighted by molar-refractivity contribution is 0.275. The number of hydrogen-bond acceptors (Lipinski definition) is 1. The standard InChI is InChI=1S/C12H23N/c1-13-12(10-6-2-3-7-10)11-8-4-5-9-11/h10-13H,2-9H2,1H3. The molecule has 76 valence electrons. The molecular formula is C12H23N. The van der Waals surface area contributed by atoms with E-state index in [1.54, 1.807) is 0 Å². The largest absolute Gasteiger partial charge is 0.316 e. The Balaban J connectivity index is 1.90. The van der Waals surface area contributed by atoms with Gasteiger partial charge in [0, 0.05) is 6.04 Å². The van der Waals surface area contributed by atoms with E-state index in [1.807, 2.05) is 0 Å². The molecule has 0 unspecified atom stereocenters. The molecule has 0 atom stereocenters. The van der Waals surface area contributed by atoms with Crippen molar-refractivity contribution in [2.75, 3.05) is 7.05 Å². The van der Waals surface area contributed by atoms with Gasteiger partial charge in [-0.2, -0.15) is 0 Å². The highest BCUT2D eigenvalue weighted by molar-refractivity contribution is 4.87. The summed E-state index contributed by atoms with van der Waals surface area (Å²) in [5.41, 5.74) is 0. The molecule has 1 N–H and O–H groups in total. The van der Waals surface area contributed by atoms with E-state index in [2.05, 4.69) is 12.4 Å². The third-order valence-corrected chi connectivity index (χ3v) is 4.15. The highest BCUT2D eigenvalue weighted by Gasteiger charge is 2.31. The van der Waals surface area contributed by atoms with Gasteiger partial charge in [0.2, 0.25) is 0 Å². The van der Waals surface area contributed by atoms with Gasteiger partial charge < -0.3 is 5.32 Å². The molecule has 0 aliphatic heterocycles. The van der Waals surface area contributed by atoms with Crippen molar-refractivity contribution < 1.29 is 0 Å². The van der Waals surface area contributed by atoms with Crippen molar-refractivity contribution in [2.24, 2.45) is 11.8 Å². The van der Waals surface area contributed by atoms with Crippen LogP contribution in [0.5, 0.6) is 0 Å². The number of nitrogens with one attached hydrogen (secondary N) is 1. The second kappa shape index (κ2) is 4.45. The molecule has 0 heterocycles. The predicted molar refractivity (Wildman–Crippen MR) is 56.8 cm³/mol. The maximum atomic E-state index is 3.59. The van der Waals surface area contributed by atoms with Crippen LogP contribution >= 0.6 is 0 Å². The average Bonchev–Trinajstić information content (AvgIpc) is 2.76. The maximum Gasteiger partial charge on any atom is 0.0121 e. The zero-order valence-corrected chi connectivity index (χ0v) is 8.89. The lowest BCUT2D eigenvalue weighted by atomic mass is 9.86. The summed E-state index contributed by atoms with van der Waals surface area (Å²) in [5.74, 6) is 2.01. The van der Waals surface area contributed by atoms with E-state index in [4.69, 9.17) is 0 Å². The van der Waals surface area contributed by atoms with E-state index in [9.17, 15) is 0 Å². The van der Waals surface area contributed by atoms with Crippen LogP contribution in [0.3, 0.4) is 0 Å². The van der Waals surface area contributed by atoms with E-state index in [-0.39, 0.29) is 0 Å². The summed E-state index contributed by atoms with van der Waals surface area (Å²) in [6, 6.07) is 0.852. The van der Waals surface area contributed by atoms with Gasteiger partial charge in [0.05, 0.1) is 0 Å². The molecule has 0 spiro atoms. The van der Waals surface area contributed by atoms with Crippen LogP contribution in [0.4, 0.5) is 0 Å². The van der Waals surface area contributed by atoms with Gasteiger partial charge in [-0.1, -0.05) is 25.7 Å². The first kappa shape index (κ1) is 9.51. The van der Waals surface area contributed by atoms with Gasteiger partial charge in [-0.3, -0.25) is 0 Å². The molecule has 0 aromatic carbocycles. The molecule has 0 bridgehead atoms. The molecule has 0 saturated heterocycles. The summed E-state index contributed by atoms with van der Waals surface area (Å²) in [7, 11) is 2.17. The Bertz CT molecular complexity index is 127. The van der Waals surface area contributed by atoms with Crippen LogP contribution in [0, 0.1) is 11.8 Å². The maximum absolute atomic E-state index is 3.59. The van der Waals surface area contributed by atoms with Crippen LogP contribution in [-0.4, -0.2) is 13.1 Å². The van der Waals surface area contributed by atoms with Crippen LogP contribution in [0.25, 0.3) is 0 Å². The summed E-state index contributed by atoms with van der Waals surface area (Å²) in [6.45, 7) is 0. The van der Waals surface area contributed by atoms with E-state index in [0.717, 1.165) is 17.9 Å². The Morgan fingerprint density at radius 3 is 1.54 bits per heavy atom. The third kappa shape index (κ3) is 2.07. The second-order valence-corrected chi connectivity index (χ2v) is 4.90. The Morgan fingerprint density at radius 2 is 1.23 bits per heavy atom. The van der Waals surface area contributed by atoms with Crippen molar-refractivity contribution in [1.82, 2.24) is 5.32 Å². The first-order valence-electron chi connectivity index (χ1n) is 6.09. The number of rotatable bonds is 3. The first-order valence-corrected chi connectivity index (χ1v) is 6.09. The van der Waals surface area contributed by atoms with E-state index >= 15 is 0 Å². The molecule has 2 saturated carbocycles. The van der Waals surface area contributed by atoms with Crippen LogP contribution in [0.1, 0.15) is 51.4 Å². The van der Waals surface area contributed by atoms with Gasteiger partial charge in [-0.25, -0.2) is 0 Å². The van der Waals surface area contributed by atoms with Crippen LogP contribution < -0.4 is 5.32 Å². The van der Waals surface area contributed by atoms with Crippen molar-refractivity contribution >= 4 is 0 Å². The van der Waals surface area contributed by atoms with Gasteiger partial charge in [-0.05, 0) is 44.6 Å². The fourth-order valence-electron chi connectivity index (χ4n) is 3.49. The minimum absolute atomic E-state index is 0.852.